The van der Waals surface area contributed by atoms with E-state index in [1.807, 2.05) is 48.5 Å². The van der Waals surface area contributed by atoms with Gasteiger partial charge in [0.05, 0.1) is 13.2 Å². The third kappa shape index (κ3) is 4.00. The minimum absolute atomic E-state index is 0.0275. The molecule has 0 atom stereocenters. The largest absolute Gasteiger partial charge is 0.457 e. The van der Waals surface area contributed by atoms with E-state index in [1.165, 1.54) is 0 Å². The van der Waals surface area contributed by atoms with Gasteiger partial charge in [-0.05, 0) is 35.4 Å². The van der Waals surface area contributed by atoms with Crippen LogP contribution in [0, 0.1) is 0 Å². The fourth-order valence-electron chi connectivity index (χ4n) is 1.64. The van der Waals surface area contributed by atoms with Crippen LogP contribution in [0.15, 0.2) is 53.5 Å². The van der Waals surface area contributed by atoms with Crippen molar-refractivity contribution in [3.63, 3.8) is 0 Å². The molecule has 5 N–H and O–H groups in total. The maximum Gasteiger partial charge on any atom is 0.186 e. The third-order valence-corrected chi connectivity index (χ3v) is 2.71. The van der Waals surface area contributed by atoms with E-state index in [0.717, 1.165) is 22.6 Å². The lowest BCUT2D eigenvalue weighted by atomic mass is 10.2. The molecule has 20 heavy (non-hydrogen) atoms. The van der Waals surface area contributed by atoms with Gasteiger partial charge in [0.15, 0.2) is 5.96 Å². The highest BCUT2D eigenvalue weighted by molar-refractivity contribution is 5.75. The molecule has 2 aromatic rings. The Labute approximate surface area is 117 Å². The normalized spacial score (nSPS) is 10.1. The highest BCUT2D eigenvalue weighted by Gasteiger charge is 1.98. The molecule has 0 saturated carbocycles. The first kappa shape index (κ1) is 13.9. The van der Waals surface area contributed by atoms with Crippen LogP contribution in [0.1, 0.15) is 11.1 Å². The van der Waals surface area contributed by atoms with Gasteiger partial charge in [-0.25, -0.2) is 4.99 Å². The topological polar surface area (TPSA) is 93.9 Å². The number of rotatable bonds is 5. The number of hydrogen-bond acceptors (Lipinski definition) is 3. The molecule has 0 aliphatic carbocycles. The smallest absolute Gasteiger partial charge is 0.186 e. The fourth-order valence-corrected chi connectivity index (χ4v) is 1.64. The summed E-state index contributed by atoms with van der Waals surface area (Å²) in [7, 11) is 0. The molecule has 2 rings (SSSR count). The zero-order chi connectivity index (χ0) is 14.4. The van der Waals surface area contributed by atoms with E-state index in [1.54, 1.807) is 0 Å². The van der Waals surface area contributed by atoms with Crippen LogP contribution < -0.4 is 16.2 Å². The van der Waals surface area contributed by atoms with Crippen molar-refractivity contribution in [2.75, 3.05) is 0 Å². The maximum absolute atomic E-state index is 8.97. The van der Waals surface area contributed by atoms with Gasteiger partial charge in [0.2, 0.25) is 0 Å². The molecular weight excluding hydrogens is 254 g/mol. The summed E-state index contributed by atoms with van der Waals surface area (Å²) < 4.78 is 5.69. The number of nitrogens with zero attached hydrogens (tertiary/aromatic N) is 1. The van der Waals surface area contributed by atoms with Crippen LogP contribution >= 0.6 is 0 Å². The number of aliphatic imine (C=N–C) groups is 1. The zero-order valence-electron chi connectivity index (χ0n) is 11.0. The lowest BCUT2D eigenvalue weighted by Gasteiger charge is -2.07. The van der Waals surface area contributed by atoms with Gasteiger partial charge in [-0.3, -0.25) is 0 Å². The predicted octanol–water partition coefficient (Wildman–Crippen LogP) is 1.74. The molecule has 104 valence electrons. The molecule has 0 unspecified atom stereocenters. The van der Waals surface area contributed by atoms with E-state index in [2.05, 4.69) is 4.99 Å². The van der Waals surface area contributed by atoms with Gasteiger partial charge in [-0.2, -0.15) is 0 Å². The molecule has 0 amide bonds. The van der Waals surface area contributed by atoms with Gasteiger partial charge in [-0.1, -0.05) is 24.3 Å². The monoisotopic (exact) mass is 271 g/mol. The first-order valence-corrected chi connectivity index (χ1v) is 6.19. The summed E-state index contributed by atoms with van der Waals surface area (Å²) in [6.45, 7) is 0.480. The van der Waals surface area contributed by atoms with E-state index < -0.39 is 0 Å². The Hall–Kier alpha value is -2.53. The van der Waals surface area contributed by atoms with Crippen molar-refractivity contribution < 1.29 is 9.84 Å². The van der Waals surface area contributed by atoms with Crippen molar-refractivity contribution in [2.24, 2.45) is 16.5 Å². The molecular formula is C15H17N3O2. The molecule has 0 aromatic heterocycles. The van der Waals surface area contributed by atoms with E-state index in [9.17, 15) is 0 Å². The quantitative estimate of drug-likeness (QED) is 0.570. The van der Waals surface area contributed by atoms with Crippen LogP contribution in [0.25, 0.3) is 0 Å². The maximum atomic E-state index is 8.97. The molecule has 0 radical (unpaired) electrons. The van der Waals surface area contributed by atoms with Crippen LogP contribution in [-0.4, -0.2) is 11.1 Å². The highest BCUT2D eigenvalue weighted by Crippen LogP contribution is 2.22. The lowest BCUT2D eigenvalue weighted by Crippen LogP contribution is -2.22. The minimum atomic E-state index is 0.0275. The summed E-state index contributed by atoms with van der Waals surface area (Å²) in [6, 6.07) is 14.8. The second kappa shape index (κ2) is 6.58. The van der Waals surface area contributed by atoms with Gasteiger partial charge in [-0.15, -0.1) is 0 Å². The molecule has 5 heteroatoms. The predicted molar refractivity (Wildman–Crippen MR) is 78.4 cm³/mol. The van der Waals surface area contributed by atoms with Gasteiger partial charge in [0.25, 0.3) is 0 Å². The first-order chi connectivity index (χ1) is 9.67. The van der Waals surface area contributed by atoms with Crippen LogP contribution in [0.5, 0.6) is 11.5 Å². The Morgan fingerprint density at radius 2 is 1.40 bits per heavy atom. The van der Waals surface area contributed by atoms with Gasteiger partial charge in [0.1, 0.15) is 11.5 Å². The Kier molecular flexibility index (Phi) is 4.57. The second-order valence-corrected chi connectivity index (χ2v) is 4.29. The number of guanidine groups is 1. The molecule has 0 aliphatic rings. The molecule has 2 aromatic carbocycles. The summed E-state index contributed by atoms with van der Waals surface area (Å²) in [6.07, 6.45) is 0. The van der Waals surface area contributed by atoms with E-state index in [0.29, 0.717) is 6.54 Å². The van der Waals surface area contributed by atoms with E-state index in [-0.39, 0.29) is 12.6 Å². The summed E-state index contributed by atoms with van der Waals surface area (Å²) in [5.74, 6) is 1.53. The number of hydrogen-bond donors (Lipinski definition) is 3. The highest BCUT2D eigenvalue weighted by atomic mass is 16.5. The number of nitrogens with two attached hydrogens (primary N) is 2. The van der Waals surface area contributed by atoms with E-state index in [4.69, 9.17) is 21.3 Å². The molecule has 0 saturated heterocycles. The Balaban J connectivity index is 2.00. The number of ether oxygens (including phenoxy) is 1. The van der Waals surface area contributed by atoms with Crippen LogP contribution in [0.3, 0.4) is 0 Å². The summed E-state index contributed by atoms with van der Waals surface area (Å²) in [5, 5.41) is 8.97. The van der Waals surface area contributed by atoms with Crippen molar-refractivity contribution in [1.82, 2.24) is 0 Å². The molecule has 0 heterocycles. The van der Waals surface area contributed by atoms with Crippen molar-refractivity contribution in [3.8, 4) is 11.5 Å². The number of aliphatic hydroxyl groups excluding tert-OH is 1. The SMILES string of the molecule is NC(N)=NCc1ccc(Oc2ccc(CO)cc2)cc1. The molecule has 0 spiro atoms. The first-order valence-electron chi connectivity index (χ1n) is 6.19. The van der Waals surface area contributed by atoms with Crippen molar-refractivity contribution in [1.29, 1.82) is 0 Å². The lowest BCUT2D eigenvalue weighted by molar-refractivity contribution is 0.281. The summed E-state index contributed by atoms with van der Waals surface area (Å²) >= 11 is 0. The standard InChI is InChI=1S/C15H17N3O2/c16-15(17)18-9-11-1-5-13(6-2-11)20-14-7-3-12(10-19)4-8-14/h1-8,19H,9-10H2,(H4,16,17,18). The molecule has 0 aliphatic heterocycles. The summed E-state index contributed by atoms with van der Waals surface area (Å²) in [5.41, 5.74) is 12.4. The molecule has 0 bridgehead atoms. The molecule has 0 fully saturated rings. The second-order valence-electron chi connectivity index (χ2n) is 4.29. The fraction of sp³-hybridized carbons (Fsp3) is 0.133. The van der Waals surface area contributed by atoms with Gasteiger partial charge in [0, 0.05) is 0 Å². The van der Waals surface area contributed by atoms with Gasteiger partial charge >= 0.3 is 0 Å². The van der Waals surface area contributed by atoms with E-state index >= 15 is 0 Å². The Morgan fingerprint density at radius 3 is 1.85 bits per heavy atom. The average Bonchev–Trinajstić information content (AvgIpc) is 2.47. The van der Waals surface area contributed by atoms with Crippen LogP contribution in [0.4, 0.5) is 0 Å². The third-order valence-electron chi connectivity index (χ3n) is 2.71. The van der Waals surface area contributed by atoms with Crippen molar-refractivity contribution in [3.05, 3.63) is 59.7 Å². The van der Waals surface area contributed by atoms with Crippen LogP contribution in [-0.2, 0) is 13.2 Å². The summed E-state index contributed by atoms with van der Waals surface area (Å²) in [4.78, 5) is 3.94. The van der Waals surface area contributed by atoms with Crippen molar-refractivity contribution in [2.45, 2.75) is 13.2 Å². The Bertz CT molecular complexity index is 573. The molecule has 5 nitrogen and oxygen atoms in total. The zero-order valence-corrected chi connectivity index (χ0v) is 11.0. The Morgan fingerprint density at radius 1 is 0.900 bits per heavy atom. The minimum Gasteiger partial charge on any atom is -0.457 e. The van der Waals surface area contributed by atoms with Crippen molar-refractivity contribution >= 4 is 5.96 Å². The average molecular weight is 271 g/mol. The number of benzene rings is 2. The number of aliphatic hydroxyl groups is 1. The van der Waals surface area contributed by atoms with Crippen LogP contribution in [0.2, 0.25) is 0 Å². The van der Waals surface area contributed by atoms with Gasteiger partial charge < -0.3 is 21.3 Å².